The SMILES string of the molecule is O=NCC(OCCI)c1ccccc1. The van der Waals surface area contributed by atoms with Gasteiger partial charge in [-0.05, 0) is 5.56 Å². The van der Waals surface area contributed by atoms with Crippen molar-refractivity contribution in [2.75, 3.05) is 17.6 Å². The zero-order valence-corrected chi connectivity index (χ0v) is 9.88. The topological polar surface area (TPSA) is 38.7 Å². The number of hydrogen-bond acceptors (Lipinski definition) is 3. The van der Waals surface area contributed by atoms with Gasteiger partial charge < -0.3 is 4.74 Å². The van der Waals surface area contributed by atoms with E-state index in [1.807, 2.05) is 30.3 Å². The minimum atomic E-state index is -0.191. The average Bonchev–Trinajstić information content (AvgIpc) is 2.25. The summed E-state index contributed by atoms with van der Waals surface area (Å²) in [6, 6.07) is 9.69. The summed E-state index contributed by atoms with van der Waals surface area (Å²) in [6.45, 7) is 0.830. The second-order valence-electron chi connectivity index (χ2n) is 2.77. The van der Waals surface area contributed by atoms with Crippen molar-refractivity contribution >= 4 is 22.6 Å². The Hall–Kier alpha value is -0.490. The van der Waals surface area contributed by atoms with Gasteiger partial charge in [0.2, 0.25) is 0 Å². The molecule has 14 heavy (non-hydrogen) atoms. The molecular formula is C10H12INO2. The van der Waals surface area contributed by atoms with Crippen LogP contribution in [0, 0.1) is 4.91 Å². The van der Waals surface area contributed by atoms with Crippen molar-refractivity contribution in [2.45, 2.75) is 6.10 Å². The lowest BCUT2D eigenvalue weighted by Gasteiger charge is -2.13. The third-order valence-corrected chi connectivity index (χ3v) is 2.25. The zero-order chi connectivity index (χ0) is 10.2. The first-order valence-electron chi connectivity index (χ1n) is 4.40. The Morgan fingerprint density at radius 1 is 1.36 bits per heavy atom. The maximum atomic E-state index is 10.2. The Bertz CT molecular complexity index is 266. The fourth-order valence-corrected chi connectivity index (χ4v) is 1.43. The van der Waals surface area contributed by atoms with Crippen molar-refractivity contribution in [1.29, 1.82) is 0 Å². The van der Waals surface area contributed by atoms with Crippen molar-refractivity contribution in [3.05, 3.63) is 40.8 Å². The summed E-state index contributed by atoms with van der Waals surface area (Å²) in [7, 11) is 0. The summed E-state index contributed by atoms with van der Waals surface area (Å²) in [5.74, 6) is 0. The summed E-state index contributed by atoms with van der Waals surface area (Å²) >= 11 is 2.23. The van der Waals surface area contributed by atoms with Gasteiger partial charge in [0.1, 0.15) is 12.6 Å². The molecule has 0 aliphatic rings. The number of nitroso groups, excluding NO2 is 1. The van der Waals surface area contributed by atoms with E-state index in [4.69, 9.17) is 4.74 Å². The average molecular weight is 305 g/mol. The molecule has 76 valence electrons. The van der Waals surface area contributed by atoms with Crippen LogP contribution >= 0.6 is 22.6 Å². The normalized spacial score (nSPS) is 12.4. The van der Waals surface area contributed by atoms with Gasteiger partial charge >= 0.3 is 0 Å². The molecule has 0 fully saturated rings. The highest BCUT2D eigenvalue weighted by atomic mass is 127. The largest absolute Gasteiger partial charge is 0.371 e. The molecule has 1 rings (SSSR count). The quantitative estimate of drug-likeness (QED) is 0.460. The van der Waals surface area contributed by atoms with Crippen LogP contribution in [0.3, 0.4) is 0 Å². The summed E-state index contributed by atoms with van der Waals surface area (Å²) in [4.78, 5) is 10.2. The van der Waals surface area contributed by atoms with Crippen molar-refractivity contribution in [3.8, 4) is 0 Å². The van der Waals surface area contributed by atoms with E-state index >= 15 is 0 Å². The molecule has 0 amide bonds. The Morgan fingerprint density at radius 3 is 2.64 bits per heavy atom. The lowest BCUT2D eigenvalue weighted by atomic mass is 10.1. The first-order valence-corrected chi connectivity index (χ1v) is 5.92. The molecule has 0 aliphatic carbocycles. The molecule has 0 heterocycles. The Morgan fingerprint density at radius 2 is 2.07 bits per heavy atom. The molecule has 1 atom stereocenters. The van der Waals surface area contributed by atoms with Gasteiger partial charge in [-0.2, -0.15) is 4.91 Å². The maximum absolute atomic E-state index is 10.2. The number of benzene rings is 1. The predicted octanol–water partition coefficient (Wildman–Crippen LogP) is 2.95. The Balaban J connectivity index is 2.62. The van der Waals surface area contributed by atoms with Crippen LogP contribution in [0.2, 0.25) is 0 Å². The number of hydrogen-bond donors (Lipinski definition) is 0. The van der Waals surface area contributed by atoms with Crippen LogP contribution in [-0.4, -0.2) is 17.6 Å². The molecule has 0 bridgehead atoms. The fraction of sp³-hybridized carbons (Fsp3) is 0.400. The van der Waals surface area contributed by atoms with Crippen LogP contribution in [0.5, 0.6) is 0 Å². The molecule has 1 unspecified atom stereocenters. The molecule has 0 aliphatic heterocycles. The second-order valence-corrected chi connectivity index (χ2v) is 3.85. The molecule has 1 aromatic rings. The standard InChI is InChI=1S/C10H12INO2/c11-6-7-14-10(8-12-13)9-4-2-1-3-5-9/h1-5,10H,6-8H2. The number of rotatable bonds is 6. The van der Waals surface area contributed by atoms with E-state index in [9.17, 15) is 4.91 Å². The minimum Gasteiger partial charge on any atom is -0.371 e. The highest BCUT2D eigenvalue weighted by Gasteiger charge is 2.10. The van der Waals surface area contributed by atoms with E-state index in [-0.39, 0.29) is 12.6 Å². The molecule has 1 aromatic carbocycles. The van der Waals surface area contributed by atoms with Gasteiger partial charge in [-0.25, -0.2) is 0 Å². The highest BCUT2D eigenvalue weighted by molar-refractivity contribution is 14.1. The van der Waals surface area contributed by atoms with Gasteiger partial charge in [0, 0.05) is 4.43 Å². The van der Waals surface area contributed by atoms with E-state index in [1.165, 1.54) is 0 Å². The number of alkyl halides is 1. The summed E-state index contributed by atoms with van der Waals surface area (Å²) in [5.41, 5.74) is 1.01. The smallest absolute Gasteiger partial charge is 0.111 e. The van der Waals surface area contributed by atoms with Crippen LogP contribution in [-0.2, 0) is 4.74 Å². The number of nitrogens with zero attached hydrogens (tertiary/aromatic N) is 1. The van der Waals surface area contributed by atoms with Crippen LogP contribution < -0.4 is 0 Å². The summed E-state index contributed by atoms with van der Waals surface area (Å²) < 4.78 is 6.43. The van der Waals surface area contributed by atoms with Crippen molar-refractivity contribution in [1.82, 2.24) is 0 Å². The first kappa shape index (κ1) is 11.6. The highest BCUT2D eigenvalue weighted by Crippen LogP contribution is 2.17. The summed E-state index contributed by atoms with van der Waals surface area (Å²) in [6.07, 6.45) is -0.191. The van der Waals surface area contributed by atoms with Gasteiger partial charge in [0.25, 0.3) is 0 Å². The fourth-order valence-electron chi connectivity index (χ4n) is 1.18. The molecule has 3 nitrogen and oxygen atoms in total. The molecule has 0 saturated heterocycles. The van der Waals surface area contributed by atoms with E-state index in [1.54, 1.807) is 0 Å². The maximum Gasteiger partial charge on any atom is 0.111 e. The third kappa shape index (κ3) is 3.71. The zero-order valence-electron chi connectivity index (χ0n) is 7.73. The summed E-state index contributed by atoms with van der Waals surface area (Å²) in [5, 5.41) is 2.89. The van der Waals surface area contributed by atoms with E-state index in [0.717, 1.165) is 9.99 Å². The first-order chi connectivity index (χ1) is 6.88. The van der Waals surface area contributed by atoms with E-state index in [2.05, 4.69) is 27.8 Å². The lowest BCUT2D eigenvalue weighted by molar-refractivity contribution is 0.0722. The number of ether oxygens (including phenoxy) is 1. The minimum absolute atomic E-state index is 0.181. The Kier molecular flexibility index (Phi) is 5.70. The molecule has 0 N–H and O–H groups in total. The Labute approximate surface area is 97.0 Å². The number of halogens is 1. The predicted molar refractivity (Wildman–Crippen MR) is 64.7 cm³/mol. The lowest BCUT2D eigenvalue weighted by Crippen LogP contribution is -2.09. The van der Waals surface area contributed by atoms with Gasteiger partial charge in [-0.3, -0.25) is 0 Å². The van der Waals surface area contributed by atoms with Gasteiger partial charge in [-0.1, -0.05) is 58.1 Å². The second kappa shape index (κ2) is 6.89. The van der Waals surface area contributed by atoms with Gasteiger partial charge in [0.05, 0.1) is 6.61 Å². The molecular weight excluding hydrogens is 293 g/mol. The van der Waals surface area contributed by atoms with E-state index in [0.29, 0.717) is 6.61 Å². The molecule has 4 heteroatoms. The van der Waals surface area contributed by atoms with Crippen LogP contribution in [0.15, 0.2) is 35.5 Å². The monoisotopic (exact) mass is 305 g/mol. The van der Waals surface area contributed by atoms with Crippen molar-refractivity contribution in [2.24, 2.45) is 5.18 Å². The van der Waals surface area contributed by atoms with E-state index < -0.39 is 0 Å². The van der Waals surface area contributed by atoms with Crippen LogP contribution in [0.1, 0.15) is 11.7 Å². The molecule has 0 spiro atoms. The molecule has 0 aromatic heterocycles. The van der Waals surface area contributed by atoms with Crippen molar-refractivity contribution < 1.29 is 4.74 Å². The van der Waals surface area contributed by atoms with Crippen molar-refractivity contribution in [3.63, 3.8) is 0 Å². The van der Waals surface area contributed by atoms with Gasteiger partial charge in [0.15, 0.2) is 0 Å². The van der Waals surface area contributed by atoms with Gasteiger partial charge in [-0.15, -0.1) is 0 Å². The molecule has 0 saturated carbocycles. The van der Waals surface area contributed by atoms with Crippen LogP contribution in [0.25, 0.3) is 0 Å². The molecule has 0 radical (unpaired) electrons. The third-order valence-electron chi connectivity index (χ3n) is 1.81. The van der Waals surface area contributed by atoms with Crippen LogP contribution in [0.4, 0.5) is 0 Å².